The largest absolute Gasteiger partial charge is 0.493 e. The molecule has 1 N–H and O–H groups in total. The molecule has 1 atom stereocenters. The number of nitrogens with zero attached hydrogens (tertiary/aromatic N) is 2. The number of aromatic nitrogens is 1. The van der Waals surface area contributed by atoms with E-state index < -0.39 is 0 Å². The van der Waals surface area contributed by atoms with E-state index in [9.17, 15) is 4.79 Å². The van der Waals surface area contributed by atoms with Crippen molar-refractivity contribution in [3.8, 4) is 11.5 Å². The quantitative estimate of drug-likeness (QED) is 0.676. The number of hydrogen-bond donors (Lipinski definition) is 1. The Bertz CT molecular complexity index is 939. The lowest BCUT2D eigenvalue weighted by Crippen LogP contribution is -2.34. The molecule has 0 bridgehead atoms. The normalized spacial score (nSPS) is 12.2. The summed E-state index contributed by atoms with van der Waals surface area (Å²) in [7, 11) is 7.19. The number of carbonyl (C=O) groups is 1. The van der Waals surface area contributed by atoms with Gasteiger partial charge in [-0.25, -0.2) is 4.98 Å². The third-order valence-corrected chi connectivity index (χ3v) is 5.26. The van der Waals surface area contributed by atoms with E-state index in [1.807, 2.05) is 44.4 Å². The van der Waals surface area contributed by atoms with Crippen LogP contribution in [0.2, 0.25) is 0 Å². The zero-order valence-corrected chi connectivity index (χ0v) is 16.7. The second-order valence-electron chi connectivity index (χ2n) is 6.34. The van der Waals surface area contributed by atoms with E-state index in [1.165, 1.54) is 11.3 Å². The smallest absolute Gasteiger partial charge is 0.251 e. The SMILES string of the molecule is COc1ccc(C(CNC(=O)c2ccc3ncsc3c2)N(C)C)cc1OC. The summed E-state index contributed by atoms with van der Waals surface area (Å²) >= 11 is 1.53. The lowest BCUT2D eigenvalue weighted by Gasteiger charge is -2.26. The fourth-order valence-corrected chi connectivity index (χ4v) is 3.66. The molecule has 6 nitrogen and oxygen atoms in total. The van der Waals surface area contributed by atoms with Crippen LogP contribution in [0.15, 0.2) is 41.9 Å². The van der Waals surface area contributed by atoms with Gasteiger partial charge in [-0.2, -0.15) is 0 Å². The topological polar surface area (TPSA) is 63.7 Å². The Kier molecular flexibility index (Phi) is 5.93. The molecule has 0 saturated carbocycles. The molecule has 1 unspecified atom stereocenters. The maximum absolute atomic E-state index is 12.6. The predicted octanol–water partition coefficient (Wildman–Crippen LogP) is 3.35. The van der Waals surface area contributed by atoms with E-state index in [0.717, 1.165) is 15.8 Å². The highest BCUT2D eigenvalue weighted by atomic mass is 32.1. The minimum absolute atomic E-state index is 0.000826. The van der Waals surface area contributed by atoms with Gasteiger partial charge in [0, 0.05) is 12.1 Å². The van der Waals surface area contributed by atoms with Crippen LogP contribution in [0.1, 0.15) is 22.0 Å². The van der Waals surface area contributed by atoms with Crippen molar-refractivity contribution < 1.29 is 14.3 Å². The van der Waals surface area contributed by atoms with Gasteiger partial charge in [-0.3, -0.25) is 4.79 Å². The average Bonchev–Trinajstić information content (AvgIpc) is 3.15. The van der Waals surface area contributed by atoms with Crippen molar-refractivity contribution in [3.05, 3.63) is 53.0 Å². The Morgan fingerprint density at radius 2 is 1.93 bits per heavy atom. The first-order chi connectivity index (χ1) is 13.0. The molecule has 0 fully saturated rings. The molecule has 27 heavy (non-hydrogen) atoms. The van der Waals surface area contributed by atoms with Crippen LogP contribution in [0.3, 0.4) is 0 Å². The van der Waals surface area contributed by atoms with E-state index in [2.05, 4.69) is 15.2 Å². The highest BCUT2D eigenvalue weighted by Gasteiger charge is 2.18. The van der Waals surface area contributed by atoms with Crippen LogP contribution in [0.4, 0.5) is 0 Å². The van der Waals surface area contributed by atoms with Gasteiger partial charge in [0.25, 0.3) is 5.91 Å². The van der Waals surface area contributed by atoms with Gasteiger partial charge in [0.1, 0.15) is 0 Å². The zero-order chi connectivity index (χ0) is 19.4. The molecule has 2 aromatic carbocycles. The number of ether oxygens (including phenoxy) is 2. The first kappa shape index (κ1) is 19.1. The number of likely N-dealkylation sites (N-methyl/N-ethyl adjacent to an activating group) is 1. The molecule has 7 heteroatoms. The van der Waals surface area contributed by atoms with Gasteiger partial charge in [0.2, 0.25) is 0 Å². The van der Waals surface area contributed by atoms with E-state index >= 15 is 0 Å². The molecule has 3 rings (SSSR count). The van der Waals surface area contributed by atoms with Gasteiger partial charge in [-0.15, -0.1) is 11.3 Å². The standard InChI is InChI=1S/C20H23N3O3S/c1-23(2)16(13-6-8-17(25-3)18(9-13)26-4)11-21-20(24)14-5-7-15-19(10-14)27-12-22-15/h5-10,12,16H,11H2,1-4H3,(H,21,24). The van der Waals surface area contributed by atoms with Gasteiger partial charge in [-0.1, -0.05) is 6.07 Å². The van der Waals surface area contributed by atoms with Crippen molar-refractivity contribution in [1.29, 1.82) is 0 Å². The molecule has 0 aliphatic carbocycles. The third kappa shape index (κ3) is 4.20. The van der Waals surface area contributed by atoms with Crippen molar-refractivity contribution in [2.24, 2.45) is 0 Å². The molecule has 1 aromatic heterocycles. The molecule has 142 valence electrons. The minimum atomic E-state index is -0.0994. The minimum Gasteiger partial charge on any atom is -0.493 e. The van der Waals surface area contributed by atoms with Gasteiger partial charge in [-0.05, 0) is 50.0 Å². The molecule has 0 aliphatic rings. The lowest BCUT2D eigenvalue weighted by molar-refractivity contribution is 0.0942. The maximum Gasteiger partial charge on any atom is 0.251 e. The van der Waals surface area contributed by atoms with Crippen molar-refractivity contribution in [3.63, 3.8) is 0 Å². The first-order valence-corrected chi connectivity index (χ1v) is 9.41. The number of nitrogens with one attached hydrogen (secondary N) is 1. The number of amides is 1. The zero-order valence-electron chi connectivity index (χ0n) is 15.9. The molecule has 0 spiro atoms. The highest BCUT2D eigenvalue weighted by Crippen LogP contribution is 2.31. The van der Waals surface area contributed by atoms with Crippen LogP contribution >= 0.6 is 11.3 Å². The van der Waals surface area contributed by atoms with Crippen LogP contribution in [0.5, 0.6) is 11.5 Å². The summed E-state index contributed by atoms with van der Waals surface area (Å²) in [5.74, 6) is 1.25. The fourth-order valence-electron chi connectivity index (χ4n) is 2.95. The van der Waals surface area contributed by atoms with Gasteiger partial charge < -0.3 is 19.7 Å². The van der Waals surface area contributed by atoms with E-state index in [1.54, 1.807) is 25.8 Å². The number of fused-ring (bicyclic) bond motifs is 1. The molecule has 1 heterocycles. The molecule has 3 aromatic rings. The summed E-state index contributed by atoms with van der Waals surface area (Å²) < 4.78 is 11.7. The number of benzene rings is 2. The Hall–Kier alpha value is -2.64. The van der Waals surface area contributed by atoms with Crippen LogP contribution < -0.4 is 14.8 Å². The number of thiazole rings is 1. The van der Waals surface area contributed by atoms with Gasteiger partial charge in [0.15, 0.2) is 11.5 Å². The maximum atomic E-state index is 12.6. The number of methoxy groups -OCH3 is 2. The predicted molar refractivity (Wildman–Crippen MR) is 108 cm³/mol. The van der Waals surface area contributed by atoms with Crippen LogP contribution in [0.25, 0.3) is 10.2 Å². The molecule has 1 amide bonds. The molecule has 0 saturated heterocycles. The first-order valence-electron chi connectivity index (χ1n) is 8.53. The van der Waals surface area contributed by atoms with Gasteiger partial charge >= 0.3 is 0 Å². The Labute approximate surface area is 162 Å². The Balaban J connectivity index is 1.75. The molecule has 0 aliphatic heterocycles. The van der Waals surface area contributed by atoms with E-state index in [4.69, 9.17) is 9.47 Å². The van der Waals surface area contributed by atoms with Crippen molar-refractivity contribution in [1.82, 2.24) is 15.2 Å². The van der Waals surface area contributed by atoms with Crippen molar-refractivity contribution >= 4 is 27.5 Å². The number of hydrogen-bond acceptors (Lipinski definition) is 6. The lowest BCUT2D eigenvalue weighted by atomic mass is 10.0. The average molecular weight is 385 g/mol. The summed E-state index contributed by atoms with van der Waals surface area (Å²) in [4.78, 5) is 18.9. The summed E-state index contributed by atoms with van der Waals surface area (Å²) in [5.41, 5.74) is 4.37. The number of carbonyl (C=O) groups excluding carboxylic acids is 1. The van der Waals surface area contributed by atoms with Crippen LogP contribution in [-0.2, 0) is 0 Å². The third-order valence-electron chi connectivity index (χ3n) is 4.47. The Morgan fingerprint density at radius 1 is 1.15 bits per heavy atom. The Morgan fingerprint density at radius 3 is 2.63 bits per heavy atom. The molecular formula is C20H23N3O3S. The summed E-state index contributed by atoms with van der Waals surface area (Å²) in [6.45, 7) is 0.474. The summed E-state index contributed by atoms with van der Waals surface area (Å²) in [5, 5.41) is 3.03. The fraction of sp³-hybridized carbons (Fsp3) is 0.300. The van der Waals surface area contributed by atoms with Crippen LogP contribution in [-0.4, -0.2) is 50.7 Å². The number of rotatable bonds is 7. The van der Waals surface area contributed by atoms with E-state index in [-0.39, 0.29) is 11.9 Å². The van der Waals surface area contributed by atoms with E-state index in [0.29, 0.717) is 23.6 Å². The second-order valence-corrected chi connectivity index (χ2v) is 7.23. The second kappa shape index (κ2) is 8.37. The summed E-state index contributed by atoms with van der Waals surface area (Å²) in [6.07, 6.45) is 0. The van der Waals surface area contributed by atoms with Gasteiger partial charge in [0.05, 0.1) is 36.0 Å². The van der Waals surface area contributed by atoms with Crippen LogP contribution in [0, 0.1) is 0 Å². The molecule has 0 radical (unpaired) electrons. The highest BCUT2D eigenvalue weighted by molar-refractivity contribution is 7.16. The monoisotopic (exact) mass is 385 g/mol. The summed E-state index contributed by atoms with van der Waals surface area (Å²) in [6, 6.07) is 11.4. The van der Waals surface area contributed by atoms with Crippen molar-refractivity contribution in [2.45, 2.75) is 6.04 Å². The van der Waals surface area contributed by atoms with Crippen molar-refractivity contribution in [2.75, 3.05) is 34.9 Å². The molecular weight excluding hydrogens is 362 g/mol.